The number of amides is 1. The van der Waals surface area contributed by atoms with E-state index in [1.54, 1.807) is 0 Å². The Kier molecular flexibility index (Phi) is 6.60. The number of nitrogens with zero attached hydrogens (tertiary/aromatic N) is 1. The van der Waals surface area contributed by atoms with Gasteiger partial charge in [0, 0.05) is 0 Å². The molecule has 126 valence electrons. The summed E-state index contributed by atoms with van der Waals surface area (Å²) < 4.78 is 3.07. The standard InChI is InChI=1S/C22H19N2O.Tl/c1-3-4-6-14-22(25)24-23-21-13-9-12-20(17-18(2)15-16-21)19-10-7-5-8-11-19;/h1,3-12,15-17H,2,13H2,(H,24,25);/b4-3?,12-9?,14-6?,16-15-,20-17+,23-21+;. The normalized spacial score (nSPS) is 20.9. The zero-order valence-corrected chi connectivity index (χ0v) is 18.9. The second kappa shape index (κ2) is 9.33. The number of nitrogens with one attached hydrogen (secondary N) is 1. The Morgan fingerprint density at radius 2 is 1.96 bits per heavy atom. The Bertz CT molecular complexity index is 913. The van der Waals surface area contributed by atoms with Crippen molar-refractivity contribution in [1.29, 1.82) is 0 Å². The molecule has 1 heterocycles. The second-order valence-corrected chi connectivity index (χ2v) is 11.1. The van der Waals surface area contributed by atoms with Crippen molar-refractivity contribution in [1.82, 2.24) is 5.43 Å². The van der Waals surface area contributed by atoms with Gasteiger partial charge < -0.3 is 0 Å². The van der Waals surface area contributed by atoms with Crippen LogP contribution in [0.1, 0.15) is 12.0 Å². The second-order valence-electron chi connectivity index (χ2n) is 5.89. The van der Waals surface area contributed by atoms with Crippen LogP contribution in [0.15, 0.2) is 99.3 Å². The van der Waals surface area contributed by atoms with E-state index in [9.17, 15) is 4.79 Å². The topological polar surface area (TPSA) is 41.5 Å². The average molecular weight is 532 g/mol. The molecule has 3 rings (SSSR count). The quantitative estimate of drug-likeness (QED) is 0.470. The van der Waals surface area contributed by atoms with E-state index < -0.39 is 23.7 Å². The van der Waals surface area contributed by atoms with Crippen molar-refractivity contribution in [2.45, 2.75) is 6.42 Å². The van der Waals surface area contributed by atoms with E-state index >= 15 is 0 Å². The van der Waals surface area contributed by atoms with Crippen LogP contribution in [-0.2, 0) is 4.79 Å². The summed E-state index contributed by atoms with van der Waals surface area (Å²) in [4.78, 5) is 12.2. The van der Waals surface area contributed by atoms with Gasteiger partial charge in [0.05, 0.1) is 0 Å². The first-order valence-electron chi connectivity index (χ1n) is 8.45. The Balaban J connectivity index is 1.74. The van der Waals surface area contributed by atoms with Crippen molar-refractivity contribution in [2.75, 3.05) is 0 Å². The molecule has 3 nitrogen and oxygen atoms in total. The summed E-state index contributed by atoms with van der Waals surface area (Å²) in [6.45, 7) is 4.08. The van der Waals surface area contributed by atoms with Gasteiger partial charge in [-0.15, -0.1) is 0 Å². The maximum atomic E-state index is 12.2. The molecule has 2 aliphatic rings. The van der Waals surface area contributed by atoms with Crippen molar-refractivity contribution in [3.63, 3.8) is 0 Å². The molecule has 0 atom stereocenters. The van der Waals surface area contributed by atoms with E-state index in [4.69, 9.17) is 0 Å². The number of hydrogen-bond donors (Lipinski definition) is 1. The Hall–Kier alpha value is -2.41. The molecule has 1 aromatic carbocycles. The molecule has 1 aliphatic heterocycles. The molecule has 0 bridgehead atoms. The van der Waals surface area contributed by atoms with Crippen molar-refractivity contribution >= 4 is 44.5 Å². The van der Waals surface area contributed by atoms with E-state index in [1.807, 2.05) is 54.7 Å². The van der Waals surface area contributed by atoms with Crippen molar-refractivity contribution in [3.8, 4) is 0 Å². The number of benzene rings is 1. The third kappa shape index (κ3) is 5.29. The molecule has 0 unspecified atom stereocenters. The molecule has 0 aromatic heterocycles. The zero-order valence-electron chi connectivity index (χ0n) is 14.4. The van der Waals surface area contributed by atoms with Crippen LogP contribution in [0, 0.1) is 0 Å². The van der Waals surface area contributed by atoms with Crippen LogP contribution < -0.4 is 5.43 Å². The first-order chi connectivity index (χ1) is 12.7. The summed E-state index contributed by atoms with van der Waals surface area (Å²) >= 11 is -1.25. The van der Waals surface area contributed by atoms with E-state index in [1.165, 1.54) is 0 Å². The summed E-state index contributed by atoms with van der Waals surface area (Å²) in [6.07, 6.45) is 16.5. The molecular weight excluding hydrogens is 513 g/mol. The van der Waals surface area contributed by atoms with Gasteiger partial charge in [0.2, 0.25) is 0 Å². The van der Waals surface area contributed by atoms with Crippen LogP contribution in [-0.4, -0.2) is 38.9 Å². The Morgan fingerprint density at radius 1 is 1.12 bits per heavy atom. The molecule has 1 aliphatic carbocycles. The van der Waals surface area contributed by atoms with E-state index in [0.717, 1.165) is 25.6 Å². The Morgan fingerprint density at radius 3 is 2.73 bits per heavy atom. The van der Waals surface area contributed by atoms with E-state index in [0.29, 0.717) is 6.42 Å². The number of hydrogen-bond acceptors (Lipinski definition) is 2. The summed E-state index contributed by atoms with van der Waals surface area (Å²) in [5.74, 6) is -0.0766. The number of rotatable bonds is 3. The summed E-state index contributed by atoms with van der Waals surface area (Å²) in [7, 11) is 0. The molecule has 26 heavy (non-hydrogen) atoms. The van der Waals surface area contributed by atoms with Gasteiger partial charge in [-0.3, -0.25) is 0 Å². The molecule has 0 spiro atoms. The van der Waals surface area contributed by atoms with Crippen LogP contribution >= 0.6 is 0 Å². The molecule has 1 N–H and O–H groups in total. The average Bonchev–Trinajstić information content (AvgIpc) is 2.78. The first-order valence-corrected chi connectivity index (χ1v) is 13.3. The molecule has 0 saturated carbocycles. The van der Waals surface area contributed by atoms with Gasteiger partial charge in [-0.05, 0) is 0 Å². The summed E-state index contributed by atoms with van der Waals surface area (Å²) in [5, 5.41) is 4.30. The van der Waals surface area contributed by atoms with Gasteiger partial charge in [-0.2, -0.15) is 0 Å². The maximum absolute atomic E-state index is 12.2. The zero-order chi connectivity index (χ0) is 18.2. The predicted molar refractivity (Wildman–Crippen MR) is 111 cm³/mol. The van der Waals surface area contributed by atoms with Crippen LogP contribution in [0.5, 0.6) is 0 Å². The first kappa shape index (κ1) is 18.4. The molecule has 0 radical (unpaired) electrons. The molecule has 1 aromatic rings. The van der Waals surface area contributed by atoms with Gasteiger partial charge in [-0.1, -0.05) is 6.07 Å². The summed E-state index contributed by atoms with van der Waals surface area (Å²) in [6, 6.07) is 10.2. The predicted octanol–water partition coefficient (Wildman–Crippen LogP) is 3.57. The molecule has 1 amide bonds. The van der Waals surface area contributed by atoms with Gasteiger partial charge in [0.15, 0.2) is 0 Å². The van der Waals surface area contributed by atoms with Crippen LogP contribution in [0.4, 0.5) is 0 Å². The van der Waals surface area contributed by atoms with Gasteiger partial charge >= 0.3 is 160 Å². The fourth-order valence-corrected chi connectivity index (χ4v) is 5.98. The van der Waals surface area contributed by atoms with Crippen LogP contribution in [0.25, 0.3) is 5.57 Å². The van der Waals surface area contributed by atoms with Crippen molar-refractivity contribution in [2.24, 2.45) is 5.10 Å². The van der Waals surface area contributed by atoms with Gasteiger partial charge in [0.1, 0.15) is 0 Å². The number of carbonyl (C=O) groups excluding carboxylic acids is 1. The summed E-state index contributed by atoms with van der Waals surface area (Å²) in [5.41, 5.74) is 6.63. The number of hydrazone groups is 1. The van der Waals surface area contributed by atoms with Crippen LogP contribution in [0.2, 0.25) is 0 Å². The fourth-order valence-electron chi connectivity index (χ4n) is 2.54. The number of carbonyl (C=O) groups is 1. The third-order valence-corrected chi connectivity index (χ3v) is 8.67. The number of allylic oxidation sites excluding steroid dienone is 10. The van der Waals surface area contributed by atoms with E-state index in [2.05, 4.69) is 44.9 Å². The SMILES string of the molecule is C=C1/C=C\C(=N\NC(=O)[C]2=CC=C[CH]=[Tl]2)CC=C/C(c2ccccc2)=C\1. The van der Waals surface area contributed by atoms with Gasteiger partial charge in [-0.25, -0.2) is 0 Å². The van der Waals surface area contributed by atoms with Crippen molar-refractivity contribution in [3.05, 3.63) is 99.8 Å². The van der Waals surface area contributed by atoms with E-state index in [-0.39, 0.29) is 5.91 Å². The minimum absolute atomic E-state index is 0.0766. The minimum atomic E-state index is -1.25. The molecular formula is C22H19N2OTl. The van der Waals surface area contributed by atoms with Crippen molar-refractivity contribution < 1.29 is 4.79 Å². The van der Waals surface area contributed by atoms with Crippen LogP contribution in [0.3, 0.4) is 0 Å². The molecule has 0 fully saturated rings. The fraction of sp³-hybridized carbons (Fsp3) is 0.0455. The third-order valence-electron chi connectivity index (χ3n) is 3.90. The molecule has 4 heteroatoms. The Labute approximate surface area is 165 Å². The molecule has 0 saturated heterocycles. The van der Waals surface area contributed by atoms with Gasteiger partial charge in [0.25, 0.3) is 0 Å². The monoisotopic (exact) mass is 532 g/mol.